The number of aromatic amines is 1. The number of nitrogens with one attached hydrogen (secondary N) is 2. The molecule has 1 aliphatic carbocycles. The molecule has 0 atom stereocenters. The molecule has 0 bridgehead atoms. The van der Waals surface area contributed by atoms with E-state index >= 15 is 0 Å². The molecule has 2 N–H and O–H groups in total. The lowest BCUT2D eigenvalue weighted by molar-refractivity contribution is 0.446. The monoisotopic (exact) mass is 214 g/mol. The summed E-state index contributed by atoms with van der Waals surface area (Å²) in [5.41, 5.74) is 2.97. The Morgan fingerprint density at radius 2 is 2.25 bits per heavy atom. The maximum Gasteiger partial charge on any atom is 0.107 e. The van der Waals surface area contributed by atoms with Gasteiger partial charge in [-0.2, -0.15) is 5.10 Å². The smallest absolute Gasteiger partial charge is 0.107 e. The first-order chi connectivity index (χ1) is 7.93. The van der Waals surface area contributed by atoms with Crippen molar-refractivity contribution >= 4 is 5.69 Å². The van der Waals surface area contributed by atoms with Crippen LogP contribution in [0.25, 0.3) is 11.4 Å². The SMILES string of the molecule is c1ccc(-c2[nH]ncc2NC2CCC2)nc1. The summed E-state index contributed by atoms with van der Waals surface area (Å²) in [6.07, 6.45) is 7.47. The molecule has 2 aromatic rings. The summed E-state index contributed by atoms with van der Waals surface area (Å²) in [6, 6.07) is 6.49. The summed E-state index contributed by atoms with van der Waals surface area (Å²) >= 11 is 0. The lowest BCUT2D eigenvalue weighted by atomic mass is 9.93. The second kappa shape index (κ2) is 3.96. The number of hydrogen-bond acceptors (Lipinski definition) is 3. The average Bonchev–Trinajstić information content (AvgIpc) is 2.73. The van der Waals surface area contributed by atoms with Crippen LogP contribution in [0.4, 0.5) is 5.69 Å². The molecule has 0 amide bonds. The molecule has 2 heterocycles. The number of hydrogen-bond donors (Lipinski definition) is 2. The van der Waals surface area contributed by atoms with Crippen molar-refractivity contribution in [2.45, 2.75) is 25.3 Å². The molecule has 16 heavy (non-hydrogen) atoms. The Morgan fingerprint density at radius 3 is 2.94 bits per heavy atom. The average molecular weight is 214 g/mol. The number of nitrogens with zero attached hydrogens (tertiary/aromatic N) is 2. The van der Waals surface area contributed by atoms with Crippen LogP contribution in [0.3, 0.4) is 0 Å². The fourth-order valence-electron chi connectivity index (χ4n) is 1.87. The first-order valence-corrected chi connectivity index (χ1v) is 5.65. The fraction of sp³-hybridized carbons (Fsp3) is 0.333. The summed E-state index contributed by atoms with van der Waals surface area (Å²) in [4.78, 5) is 4.32. The molecule has 4 nitrogen and oxygen atoms in total. The van der Waals surface area contributed by atoms with E-state index in [1.54, 1.807) is 6.20 Å². The van der Waals surface area contributed by atoms with Crippen LogP contribution in [0.15, 0.2) is 30.6 Å². The topological polar surface area (TPSA) is 53.6 Å². The van der Waals surface area contributed by atoms with Crippen molar-refractivity contribution in [2.75, 3.05) is 5.32 Å². The van der Waals surface area contributed by atoms with Crippen molar-refractivity contribution in [2.24, 2.45) is 0 Å². The summed E-state index contributed by atoms with van der Waals surface area (Å²) in [7, 11) is 0. The molecular formula is C12H14N4. The molecule has 0 unspecified atom stereocenters. The number of H-pyrrole nitrogens is 1. The van der Waals surface area contributed by atoms with Crippen molar-refractivity contribution < 1.29 is 0 Å². The van der Waals surface area contributed by atoms with E-state index in [2.05, 4.69) is 20.5 Å². The van der Waals surface area contributed by atoms with E-state index in [1.165, 1.54) is 19.3 Å². The highest BCUT2D eigenvalue weighted by Gasteiger charge is 2.19. The molecular weight excluding hydrogens is 200 g/mol. The van der Waals surface area contributed by atoms with Crippen molar-refractivity contribution in [3.8, 4) is 11.4 Å². The zero-order valence-corrected chi connectivity index (χ0v) is 8.98. The molecule has 4 heteroatoms. The van der Waals surface area contributed by atoms with E-state index in [0.717, 1.165) is 17.1 Å². The van der Waals surface area contributed by atoms with Crippen molar-refractivity contribution in [1.82, 2.24) is 15.2 Å². The Hall–Kier alpha value is -1.84. The van der Waals surface area contributed by atoms with Gasteiger partial charge in [-0.05, 0) is 31.4 Å². The largest absolute Gasteiger partial charge is 0.379 e. The first-order valence-electron chi connectivity index (χ1n) is 5.65. The van der Waals surface area contributed by atoms with Gasteiger partial charge in [-0.3, -0.25) is 10.1 Å². The Bertz CT molecular complexity index is 459. The second-order valence-corrected chi connectivity index (χ2v) is 4.15. The van der Waals surface area contributed by atoms with Crippen LogP contribution in [-0.4, -0.2) is 21.2 Å². The Labute approximate surface area is 94.1 Å². The zero-order chi connectivity index (χ0) is 10.8. The minimum atomic E-state index is 0.611. The Morgan fingerprint density at radius 1 is 1.31 bits per heavy atom. The van der Waals surface area contributed by atoms with Gasteiger partial charge in [0.05, 0.1) is 17.6 Å². The first kappa shape index (κ1) is 9.39. The molecule has 0 aliphatic heterocycles. The molecule has 0 spiro atoms. The van der Waals surface area contributed by atoms with Crippen LogP contribution >= 0.6 is 0 Å². The maximum absolute atomic E-state index is 4.32. The predicted octanol–water partition coefficient (Wildman–Crippen LogP) is 2.44. The normalized spacial score (nSPS) is 15.8. The van der Waals surface area contributed by atoms with Gasteiger partial charge in [-0.15, -0.1) is 0 Å². The van der Waals surface area contributed by atoms with E-state index in [-0.39, 0.29) is 0 Å². The molecule has 1 fully saturated rings. The summed E-state index contributed by atoms with van der Waals surface area (Å²) in [5, 5.41) is 10.6. The van der Waals surface area contributed by atoms with Crippen LogP contribution in [0.5, 0.6) is 0 Å². The van der Waals surface area contributed by atoms with E-state index in [4.69, 9.17) is 0 Å². The molecule has 0 radical (unpaired) electrons. The van der Waals surface area contributed by atoms with Gasteiger partial charge in [0.1, 0.15) is 5.69 Å². The van der Waals surface area contributed by atoms with E-state index in [1.807, 2.05) is 24.4 Å². The van der Waals surface area contributed by atoms with E-state index in [0.29, 0.717) is 6.04 Å². The Kier molecular flexibility index (Phi) is 2.33. The number of aromatic nitrogens is 3. The van der Waals surface area contributed by atoms with Crippen LogP contribution in [-0.2, 0) is 0 Å². The van der Waals surface area contributed by atoms with Crippen LogP contribution in [0.2, 0.25) is 0 Å². The highest BCUT2D eigenvalue weighted by Crippen LogP contribution is 2.28. The van der Waals surface area contributed by atoms with Gasteiger partial charge in [0, 0.05) is 12.2 Å². The van der Waals surface area contributed by atoms with Crippen molar-refractivity contribution in [3.05, 3.63) is 30.6 Å². The predicted molar refractivity (Wildman–Crippen MR) is 63.1 cm³/mol. The molecule has 3 rings (SSSR count). The molecule has 2 aromatic heterocycles. The fourth-order valence-corrected chi connectivity index (χ4v) is 1.87. The van der Waals surface area contributed by atoms with Crippen LogP contribution in [0, 0.1) is 0 Å². The van der Waals surface area contributed by atoms with Gasteiger partial charge in [-0.25, -0.2) is 0 Å². The highest BCUT2D eigenvalue weighted by molar-refractivity contribution is 5.71. The highest BCUT2D eigenvalue weighted by atomic mass is 15.1. The van der Waals surface area contributed by atoms with Gasteiger partial charge >= 0.3 is 0 Å². The maximum atomic E-state index is 4.32. The number of pyridine rings is 1. The van der Waals surface area contributed by atoms with Gasteiger partial charge in [0.15, 0.2) is 0 Å². The summed E-state index contributed by atoms with van der Waals surface area (Å²) in [6.45, 7) is 0. The zero-order valence-electron chi connectivity index (χ0n) is 8.98. The van der Waals surface area contributed by atoms with Crippen molar-refractivity contribution in [3.63, 3.8) is 0 Å². The second-order valence-electron chi connectivity index (χ2n) is 4.15. The lowest BCUT2D eigenvalue weighted by Crippen LogP contribution is -2.27. The van der Waals surface area contributed by atoms with Gasteiger partial charge in [0.25, 0.3) is 0 Å². The number of anilines is 1. The van der Waals surface area contributed by atoms with Gasteiger partial charge in [0.2, 0.25) is 0 Å². The summed E-state index contributed by atoms with van der Waals surface area (Å²) < 4.78 is 0. The van der Waals surface area contributed by atoms with Crippen molar-refractivity contribution in [1.29, 1.82) is 0 Å². The standard InChI is InChI=1S/C12H14N4/c1-2-7-13-10(6-1)12-11(8-14-16-12)15-9-4-3-5-9/h1-2,6-9,15H,3-5H2,(H,14,16). The van der Waals surface area contributed by atoms with E-state index in [9.17, 15) is 0 Å². The van der Waals surface area contributed by atoms with Crippen LogP contribution in [0.1, 0.15) is 19.3 Å². The third-order valence-electron chi connectivity index (χ3n) is 3.03. The van der Waals surface area contributed by atoms with Gasteiger partial charge in [-0.1, -0.05) is 6.07 Å². The molecule has 0 saturated heterocycles. The minimum Gasteiger partial charge on any atom is -0.379 e. The summed E-state index contributed by atoms with van der Waals surface area (Å²) in [5.74, 6) is 0. The Balaban J connectivity index is 1.87. The molecule has 0 aromatic carbocycles. The lowest BCUT2D eigenvalue weighted by Gasteiger charge is -2.27. The third-order valence-corrected chi connectivity index (χ3v) is 3.03. The minimum absolute atomic E-state index is 0.611. The van der Waals surface area contributed by atoms with E-state index < -0.39 is 0 Å². The molecule has 1 aliphatic rings. The third kappa shape index (κ3) is 1.66. The van der Waals surface area contributed by atoms with Gasteiger partial charge < -0.3 is 5.32 Å². The quantitative estimate of drug-likeness (QED) is 0.825. The van der Waals surface area contributed by atoms with Crippen LogP contribution < -0.4 is 5.32 Å². The molecule has 1 saturated carbocycles. The number of rotatable bonds is 3. The molecule has 82 valence electrons.